The van der Waals surface area contributed by atoms with E-state index in [1.165, 1.54) is 0 Å². The monoisotopic (exact) mass is 243 g/mol. The number of nitrogens with zero attached hydrogens (tertiary/aromatic N) is 1. The van der Waals surface area contributed by atoms with Gasteiger partial charge in [-0.1, -0.05) is 18.2 Å². The lowest BCUT2D eigenvalue weighted by Crippen LogP contribution is -2.35. The maximum Gasteiger partial charge on any atom is 0.195 e. The molecule has 1 aromatic heterocycles. The lowest BCUT2D eigenvalue weighted by molar-refractivity contribution is -0.0719. The van der Waals surface area contributed by atoms with E-state index in [1.807, 2.05) is 30.3 Å². The van der Waals surface area contributed by atoms with E-state index >= 15 is 0 Å². The van der Waals surface area contributed by atoms with Gasteiger partial charge >= 0.3 is 0 Å². The molecule has 1 aliphatic heterocycles. The number of hydrogen-bond donors (Lipinski definition) is 0. The molecule has 0 aliphatic carbocycles. The molecule has 2 aromatic rings. The zero-order valence-corrected chi connectivity index (χ0v) is 9.83. The number of ketones is 1. The molecule has 0 spiro atoms. The summed E-state index contributed by atoms with van der Waals surface area (Å²) in [5.74, 6) is -0.0621. The van der Waals surface area contributed by atoms with Crippen LogP contribution in [-0.2, 0) is 9.47 Å². The number of carbonyl (C=O) groups excluding carboxylic acids is 1. The Morgan fingerprint density at radius 3 is 3.00 bits per heavy atom. The lowest BCUT2D eigenvalue weighted by atomic mass is 10.1. The van der Waals surface area contributed by atoms with E-state index in [-0.39, 0.29) is 5.78 Å². The van der Waals surface area contributed by atoms with Crippen LogP contribution in [-0.4, -0.2) is 36.7 Å². The normalized spacial score (nSPS) is 19.9. The van der Waals surface area contributed by atoms with Crippen molar-refractivity contribution in [3.8, 4) is 0 Å². The molecule has 1 aromatic carbocycles. The van der Waals surface area contributed by atoms with Crippen molar-refractivity contribution >= 4 is 16.7 Å². The summed E-state index contributed by atoms with van der Waals surface area (Å²) < 4.78 is 10.6. The second-order valence-electron chi connectivity index (χ2n) is 4.22. The third kappa shape index (κ3) is 2.12. The van der Waals surface area contributed by atoms with E-state index in [4.69, 9.17) is 9.47 Å². The first-order valence-electron chi connectivity index (χ1n) is 5.93. The van der Waals surface area contributed by atoms with Crippen LogP contribution < -0.4 is 0 Å². The number of ether oxygens (including phenoxy) is 2. The molecule has 0 bridgehead atoms. The number of Topliss-reactive ketones (excluding diaryl/α,β-unsaturated/α-hetero) is 1. The quantitative estimate of drug-likeness (QED) is 0.755. The Labute approximate surface area is 105 Å². The number of aromatic nitrogens is 1. The molecule has 1 aliphatic rings. The smallest absolute Gasteiger partial charge is 0.195 e. The molecule has 0 N–H and O–H groups in total. The summed E-state index contributed by atoms with van der Waals surface area (Å²) in [6.45, 7) is 1.35. The molecule has 4 nitrogen and oxygen atoms in total. The van der Waals surface area contributed by atoms with Crippen molar-refractivity contribution in [2.75, 3.05) is 19.8 Å². The van der Waals surface area contributed by atoms with E-state index < -0.39 is 6.10 Å². The summed E-state index contributed by atoms with van der Waals surface area (Å²) in [7, 11) is 0. The lowest BCUT2D eigenvalue weighted by Gasteiger charge is -2.21. The van der Waals surface area contributed by atoms with Crippen molar-refractivity contribution in [1.29, 1.82) is 0 Å². The van der Waals surface area contributed by atoms with E-state index in [0.29, 0.717) is 25.4 Å². The maximum atomic E-state index is 12.2. The van der Waals surface area contributed by atoms with Gasteiger partial charge in [-0.2, -0.15) is 0 Å². The van der Waals surface area contributed by atoms with Gasteiger partial charge in [-0.05, 0) is 12.1 Å². The molecule has 1 saturated heterocycles. The van der Waals surface area contributed by atoms with E-state index in [0.717, 1.165) is 10.9 Å². The number of benzene rings is 1. The van der Waals surface area contributed by atoms with Gasteiger partial charge in [0.05, 0.1) is 25.3 Å². The molecule has 4 heteroatoms. The van der Waals surface area contributed by atoms with Gasteiger partial charge in [0.15, 0.2) is 5.78 Å². The SMILES string of the molecule is O=C(c1cnc2ccccc2c1)C1COCCO1. The standard InChI is InChI=1S/C14H13NO3/c16-14(13-9-17-5-6-18-13)11-7-10-3-1-2-4-12(10)15-8-11/h1-4,7-8,13H,5-6,9H2. The van der Waals surface area contributed by atoms with Crippen molar-refractivity contribution in [3.05, 3.63) is 42.1 Å². The molecular weight excluding hydrogens is 230 g/mol. The van der Waals surface area contributed by atoms with Crippen LogP contribution in [0, 0.1) is 0 Å². The summed E-state index contributed by atoms with van der Waals surface area (Å²) in [5.41, 5.74) is 1.46. The summed E-state index contributed by atoms with van der Waals surface area (Å²) >= 11 is 0. The van der Waals surface area contributed by atoms with E-state index in [2.05, 4.69) is 4.98 Å². The third-order valence-corrected chi connectivity index (χ3v) is 2.98. The molecule has 0 radical (unpaired) electrons. The van der Waals surface area contributed by atoms with Gasteiger partial charge in [0.1, 0.15) is 6.10 Å². The number of hydrogen-bond acceptors (Lipinski definition) is 4. The summed E-state index contributed by atoms with van der Waals surface area (Å²) in [6.07, 6.45) is 1.10. The molecule has 1 fully saturated rings. The Kier molecular flexibility index (Phi) is 3.04. The molecule has 3 rings (SSSR count). The fourth-order valence-electron chi connectivity index (χ4n) is 2.03. The molecule has 0 amide bonds. The van der Waals surface area contributed by atoms with E-state index in [9.17, 15) is 4.79 Å². The molecule has 2 heterocycles. The second-order valence-corrected chi connectivity index (χ2v) is 4.22. The van der Waals surface area contributed by atoms with Crippen LogP contribution in [0.25, 0.3) is 10.9 Å². The number of rotatable bonds is 2. The highest BCUT2D eigenvalue weighted by Gasteiger charge is 2.24. The third-order valence-electron chi connectivity index (χ3n) is 2.98. The fraction of sp³-hybridized carbons (Fsp3) is 0.286. The first-order valence-corrected chi connectivity index (χ1v) is 5.93. The predicted molar refractivity (Wildman–Crippen MR) is 66.6 cm³/mol. The zero-order valence-electron chi connectivity index (χ0n) is 9.83. The topological polar surface area (TPSA) is 48.4 Å². The van der Waals surface area contributed by atoms with Gasteiger partial charge in [-0.15, -0.1) is 0 Å². The highest BCUT2D eigenvalue weighted by molar-refractivity contribution is 6.01. The Hall–Kier alpha value is -1.78. The number of fused-ring (bicyclic) bond motifs is 1. The van der Waals surface area contributed by atoms with Crippen molar-refractivity contribution in [3.63, 3.8) is 0 Å². The predicted octanol–water partition coefficient (Wildman–Crippen LogP) is 1.83. The number of para-hydroxylation sites is 1. The van der Waals surface area contributed by atoms with Crippen LogP contribution in [0.4, 0.5) is 0 Å². The van der Waals surface area contributed by atoms with E-state index in [1.54, 1.807) is 6.20 Å². The Bertz CT molecular complexity index is 576. The molecular formula is C14H13NO3. The highest BCUT2D eigenvalue weighted by Crippen LogP contribution is 2.15. The van der Waals surface area contributed by atoms with Crippen LogP contribution in [0.15, 0.2) is 36.5 Å². The maximum absolute atomic E-state index is 12.2. The second kappa shape index (κ2) is 4.84. The van der Waals surface area contributed by atoms with Crippen LogP contribution in [0.5, 0.6) is 0 Å². The average molecular weight is 243 g/mol. The molecule has 92 valence electrons. The van der Waals surface area contributed by atoms with Gasteiger partial charge in [-0.3, -0.25) is 9.78 Å². The number of carbonyl (C=O) groups is 1. The highest BCUT2D eigenvalue weighted by atomic mass is 16.6. The summed E-state index contributed by atoms with van der Waals surface area (Å²) in [6, 6.07) is 9.57. The minimum absolute atomic E-state index is 0.0621. The zero-order chi connectivity index (χ0) is 12.4. The minimum Gasteiger partial charge on any atom is -0.376 e. The first-order chi connectivity index (χ1) is 8.84. The van der Waals surface area contributed by atoms with Crippen LogP contribution in [0.3, 0.4) is 0 Å². The molecule has 18 heavy (non-hydrogen) atoms. The van der Waals surface area contributed by atoms with Crippen LogP contribution >= 0.6 is 0 Å². The van der Waals surface area contributed by atoms with Crippen LogP contribution in [0.2, 0.25) is 0 Å². The largest absolute Gasteiger partial charge is 0.376 e. The van der Waals surface area contributed by atoms with Gasteiger partial charge in [-0.25, -0.2) is 0 Å². The van der Waals surface area contributed by atoms with Crippen molar-refractivity contribution in [1.82, 2.24) is 4.98 Å². The Morgan fingerprint density at radius 2 is 2.17 bits per heavy atom. The number of pyridine rings is 1. The Balaban J connectivity index is 1.91. The fourth-order valence-corrected chi connectivity index (χ4v) is 2.03. The molecule has 0 saturated carbocycles. The van der Waals surface area contributed by atoms with Gasteiger partial charge in [0, 0.05) is 17.1 Å². The van der Waals surface area contributed by atoms with Crippen LogP contribution in [0.1, 0.15) is 10.4 Å². The van der Waals surface area contributed by atoms with Crippen molar-refractivity contribution in [2.45, 2.75) is 6.10 Å². The van der Waals surface area contributed by atoms with Gasteiger partial charge in [0.2, 0.25) is 0 Å². The summed E-state index contributed by atoms with van der Waals surface area (Å²) in [4.78, 5) is 16.5. The van der Waals surface area contributed by atoms with Crippen molar-refractivity contribution < 1.29 is 14.3 Å². The Morgan fingerprint density at radius 1 is 1.28 bits per heavy atom. The van der Waals surface area contributed by atoms with Crippen molar-refractivity contribution in [2.24, 2.45) is 0 Å². The summed E-state index contributed by atoms with van der Waals surface area (Å²) in [5, 5.41) is 0.958. The molecule has 1 atom stereocenters. The average Bonchev–Trinajstić information content (AvgIpc) is 2.47. The first kappa shape index (κ1) is 11.3. The minimum atomic E-state index is -0.498. The van der Waals surface area contributed by atoms with Gasteiger partial charge in [0.25, 0.3) is 0 Å². The molecule has 1 unspecified atom stereocenters. The van der Waals surface area contributed by atoms with Gasteiger partial charge < -0.3 is 9.47 Å².